The molecule has 0 aliphatic heterocycles. The number of thioether (sulfide) groups is 1. The van der Waals surface area contributed by atoms with E-state index in [1.165, 1.54) is 0 Å². The maximum atomic E-state index is 12.1. The van der Waals surface area contributed by atoms with Crippen molar-refractivity contribution in [3.05, 3.63) is 23.9 Å². The summed E-state index contributed by atoms with van der Waals surface area (Å²) in [6, 6.07) is 3.59. The fourth-order valence-corrected chi connectivity index (χ4v) is 1.93. The summed E-state index contributed by atoms with van der Waals surface area (Å²) < 4.78 is 0. The average Bonchev–Trinajstić information content (AvgIpc) is 2.45. The Hall–Kier alpha value is -1.23. The number of amides is 1. The van der Waals surface area contributed by atoms with Gasteiger partial charge in [0.15, 0.2) is 0 Å². The quantitative estimate of drug-likeness (QED) is 0.769. The number of anilines is 1. The highest BCUT2D eigenvalue weighted by molar-refractivity contribution is 7.99. The first-order valence-corrected chi connectivity index (χ1v) is 7.97. The Morgan fingerprint density at radius 1 is 1.47 bits per heavy atom. The number of nitrogens with one attached hydrogen (secondary N) is 2. The molecule has 1 aromatic rings. The molecule has 0 aromatic carbocycles. The van der Waals surface area contributed by atoms with Gasteiger partial charge in [-0.15, -0.1) is 0 Å². The highest BCUT2D eigenvalue weighted by Gasteiger charge is 2.11. The minimum atomic E-state index is -0.0555. The molecule has 0 radical (unpaired) electrons. The zero-order valence-electron chi connectivity index (χ0n) is 11.9. The van der Waals surface area contributed by atoms with Gasteiger partial charge in [-0.25, -0.2) is 4.98 Å². The Labute approximate surface area is 119 Å². The molecule has 106 valence electrons. The average molecular weight is 281 g/mol. The zero-order valence-corrected chi connectivity index (χ0v) is 12.7. The van der Waals surface area contributed by atoms with Crippen molar-refractivity contribution in [2.45, 2.75) is 31.9 Å². The predicted molar refractivity (Wildman–Crippen MR) is 82.9 cm³/mol. The molecule has 5 heteroatoms. The highest BCUT2D eigenvalue weighted by atomic mass is 32.2. The summed E-state index contributed by atoms with van der Waals surface area (Å²) in [5, 5.41) is 6.69. The normalized spacial score (nSPS) is 11.9. The summed E-state index contributed by atoms with van der Waals surface area (Å²) in [7, 11) is 0. The van der Waals surface area contributed by atoms with Gasteiger partial charge in [-0.2, -0.15) is 11.8 Å². The van der Waals surface area contributed by atoms with E-state index in [1.54, 1.807) is 18.3 Å². The van der Waals surface area contributed by atoms with Crippen molar-refractivity contribution in [1.82, 2.24) is 10.3 Å². The third kappa shape index (κ3) is 5.51. The molecule has 0 spiro atoms. The Balaban J connectivity index is 2.55. The van der Waals surface area contributed by atoms with Crippen LogP contribution in [0.25, 0.3) is 0 Å². The third-order valence-electron chi connectivity index (χ3n) is 2.83. The molecule has 0 bridgehead atoms. The molecule has 0 saturated carbocycles. The van der Waals surface area contributed by atoms with Crippen molar-refractivity contribution in [2.24, 2.45) is 0 Å². The van der Waals surface area contributed by atoms with Crippen LogP contribution in [0.2, 0.25) is 0 Å². The van der Waals surface area contributed by atoms with E-state index >= 15 is 0 Å². The fourth-order valence-electron chi connectivity index (χ4n) is 1.57. The Morgan fingerprint density at radius 2 is 2.26 bits per heavy atom. The second kappa shape index (κ2) is 8.80. The predicted octanol–water partition coefficient (Wildman–Crippen LogP) is 2.77. The van der Waals surface area contributed by atoms with Gasteiger partial charge >= 0.3 is 0 Å². The lowest BCUT2D eigenvalue weighted by Crippen LogP contribution is -2.27. The van der Waals surface area contributed by atoms with Crippen LogP contribution in [0.4, 0.5) is 5.82 Å². The lowest BCUT2D eigenvalue weighted by molar-refractivity contribution is 0.0954. The van der Waals surface area contributed by atoms with E-state index in [2.05, 4.69) is 35.7 Å². The molecule has 0 aliphatic rings. The monoisotopic (exact) mass is 281 g/mol. The SMILES string of the molecule is CCCNc1ncccc1C(=O)NCCC(C)SC. The molecular weight excluding hydrogens is 258 g/mol. The van der Waals surface area contributed by atoms with Gasteiger partial charge in [0, 0.05) is 24.5 Å². The number of nitrogens with zero attached hydrogens (tertiary/aromatic N) is 1. The number of carbonyl (C=O) groups excluding carboxylic acids is 1. The summed E-state index contributed by atoms with van der Waals surface area (Å²) in [6.45, 7) is 5.76. The Bertz CT molecular complexity index is 398. The van der Waals surface area contributed by atoms with E-state index in [9.17, 15) is 4.79 Å². The number of hydrogen-bond donors (Lipinski definition) is 2. The first-order valence-electron chi connectivity index (χ1n) is 6.69. The molecule has 0 fully saturated rings. The Kier molecular flexibility index (Phi) is 7.33. The van der Waals surface area contributed by atoms with Gasteiger partial charge in [0.25, 0.3) is 5.91 Å². The zero-order chi connectivity index (χ0) is 14.1. The van der Waals surface area contributed by atoms with E-state index in [4.69, 9.17) is 0 Å². The van der Waals surface area contributed by atoms with Gasteiger partial charge in [-0.3, -0.25) is 4.79 Å². The number of hydrogen-bond acceptors (Lipinski definition) is 4. The van der Waals surface area contributed by atoms with Crippen LogP contribution in [0.5, 0.6) is 0 Å². The van der Waals surface area contributed by atoms with Gasteiger partial charge < -0.3 is 10.6 Å². The first-order chi connectivity index (χ1) is 9.19. The van der Waals surface area contributed by atoms with Crippen LogP contribution < -0.4 is 10.6 Å². The Morgan fingerprint density at radius 3 is 2.95 bits per heavy atom. The first kappa shape index (κ1) is 15.8. The van der Waals surface area contributed by atoms with Gasteiger partial charge in [-0.05, 0) is 31.2 Å². The molecule has 1 amide bonds. The smallest absolute Gasteiger partial charge is 0.255 e. The summed E-state index contributed by atoms with van der Waals surface area (Å²) in [4.78, 5) is 16.3. The van der Waals surface area contributed by atoms with E-state index in [-0.39, 0.29) is 5.91 Å². The number of rotatable bonds is 8. The number of carbonyl (C=O) groups is 1. The van der Waals surface area contributed by atoms with Crippen molar-refractivity contribution in [3.8, 4) is 0 Å². The van der Waals surface area contributed by atoms with Crippen LogP contribution in [-0.2, 0) is 0 Å². The molecule has 19 heavy (non-hydrogen) atoms. The van der Waals surface area contributed by atoms with Crippen molar-refractivity contribution < 1.29 is 4.79 Å². The van der Waals surface area contributed by atoms with Crippen molar-refractivity contribution in [2.75, 3.05) is 24.7 Å². The number of aromatic nitrogens is 1. The summed E-state index contributed by atoms with van der Waals surface area (Å²) in [6.07, 6.45) is 5.76. The van der Waals surface area contributed by atoms with Gasteiger partial charge in [0.2, 0.25) is 0 Å². The van der Waals surface area contributed by atoms with Gasteiger partial charge in [0.1, 0.15) is 5.82 Å². The van der Waals surface area contributed by atoms with Crippen LogP contribution in [0, 0.1) is 0 Å². The van der Waals surface area contributed by atoms with Crippen molar-refractivity contribution in [3.63, 3.8) is 0 Å². The van der Waals surface area contributed by atoms with E-state index in [0.717, 1.165) is 19.4 Å². The molecule has 0 aliphatic carbocycles. The molecule has 1 atom stereocenters. The minimum absolute atomic E-state index is 0.0555. The second-order valence-corrected chi connectivity index (χ2v) is 5.69. The molecule has 2 N–H and O–H groups in total. The lowest BCUT2D eigenvalue weighted by Gasteiger charge is -2.12. The molecule has 4 nitrogen and oxygen atoms in total. The van der Waals surface area contributed by atoms with Crippen molar-refractivity contribution in [1.29, 1.82) is 0 Å². The van der Waals surface area contributed by atoms with Crippen LogP contribution in [0.1, 0.15) is 37.0 Å². The molecule has 1 heterocycles. The van der Waals surface area contributed by atoms with E-state index in [0.29, 0.717) is 23.2 Å². The maximum Gasteiger partial charge on any atom is 0.255 e. The summed E-state index contributed by atoms with van der Waals surface area (Å²) in [5.41, 5.74) is 0.618. The van der Waals surface area contributed by atoms with Crippen molar-refractivity contribution >= 4 is 23.5 Å². The standard InChI is InChI=1S/C14H23N3OS/c1-4-8-15-13-12(6-5-9-16-13)14(18)17-10-7-11(2)19-3/h5-6,9,11H,4,7-8,10H2,1-3H3,(H,15,16)(H,17,18). The molecular formula is C14H23N3OS. The largest absolute Gasteiger partial charge is 0.369 e. The van der Waals surface area contributed by atoms with Crippen LogP contribution in [0.3, 0.4) is 0 Å². The van der Waals surface area contributed by atoms with Gasteiger partial charge in [-0.1, -0.05) is 13.8 Å². The van der Waals surface area contributed by atoms with Crippen LogP contribution in [-0.4, -0.2) is 35.5 Å². The van der Waals surface area contributed by atoms with E-state index in [1.807, 2.05) is 11.8 Å². The van der Waals surface area contributed by atoms with E-state index < -0.39 is 0 Å². The lowest BCUT2D eigenvalue weighted by atomic mass is 10.2. The second-order valence-electron chi connectivity index (χ2n) is 4.42. The minimum Gasteiger partial charge on any atom is -0.369 e. The molecule has 0 saturated heterocycles. The third-order valence-corrected chi connectivity index (χ3v) is 3.87. The summed E-state index contributed by atoms with van der Waals surface area (Å²) >= 11 is 1.81. The molecule has 1 aromatic heterocycles. The van der Waals surface area contributed by atoms with Crippen LogP contribution >= 0.6 is 11.8 Å². The number of pyridine rings is 1. The molecule has 1 rings (SSSR count). The maximum absolute atomic E-state index is 12.1. The molecule has 1 unspecified atom stereocenters. The topological polar surface area (TPSA) is 54.0 Å². The highest BCUT2D eigenvalue weighted by Crippen LogP contribution is 2.12. The van der Waals surface area contributed by atoms with Crippen LogP contribution in [0.15, 0.2) is 18.3 Å². The van der Waals surface area contributed by atoms with Gasteiger partial charge in [0.05, 0.1) is 5.56 Å². The fraction of sp³-hybridized carbons (Fsp3) is 0.571. The summed E-state index contributed by atoms with van der Waals surface area (Å²) in [5.74, 6) is 0.611.